The highest BCUT2D eigenvalue weighted by Crippen LogP contribution is 2.28. The maximum Gasteiger partial charge on any atom is 0.0972 e. The normalized spacial score (nSPS) is 20.9. The monoisotopic (exact) mass is 288 g/mol. The Morgan fingerprint density at radius 3 is 3.21 bits per heavy atom. The third kappa shape index (κ3) is 3.92. The topological polar surface area (TPSA) is 56.5 Å². The Hall–Kier alpha value is -0.620. The van der Waals surface area contributed by atoms with Gasteiger partial charge in [-0.3, -0.25) is 4.68 Å². The molecule has 1 aromatic heterocycles. The van der Waals surface area contributed by atoms with Gasteiger partial charge < -0.3 is 14.6 Å². The molecule has 2 atom stereocenters. The molecular formula is C13H21ClN2O3. The fraction of sp³-hybridized carbons (Fsp3) is 0.769. The van der Waals surface area contributed by atoms with E-state index in [1.807, 2.05) is 0 Å². The van der Waals surface area contributed by atoms with E-state index >= 15 is 0 Å². The molecule has 2 heterocycles. The Labute approximate surface area is 118 Å². The summed E-state index contributed by atoms with van der Waals surface area (Å²) in [6.07, 6.45) is 4.95. The number of rotatable bonds is 7. The van der Waals surface area contributed by atoms with Crippen molar-refractivity contribution < 1.29 is 14.6 Å². The van der Waals surface area contributed by atoms with E-state index in [0.717, 1.165) is 25.9 Å². The van der Waals surface area contributed by atoms with Crippen molar-refractivity contribution in [1.29, 1.82) is 0 Å². The zero-order chi connectivity index (χ0) is 13.7. The molecule has 1 aliphatic heterocycles. The second-order valence-corrected chi connectivity index (χ2v) is 5.23. The summed E-state index contributed by atoms with van der Waals surface area (Å²) in [5.41, 5.74) is 0.678. The van der Waals surface area contributed by atoms with Gasteiger partial charge in [-0.25, -0.2) is 0 Å². The van der Waals surface area contributed by atoms with E-state index in [0.29, 0.717) is 30.3 Å². The number of hydrogen-bond donors (Lipinski definition) is 1. The van der Waals surface area contributed by atoms with Gasteiger partial charge in [0.2, 0.25) is 0 Å². The van der Waals surface area contributed by atoms with Gasteiger partial charge in [0.15, 0.2) is 0 Å². The molecule has 0 amide bonds. The van der Waals surface area contributed by atoms with Crippen molar-refractivity contribution in [3.05, 3.63) is 16.9 Å². The maximum absolute atomic E-state index is 10.3. The van der Waals surface area contributed by atoms with Gasteiger partial charge in [0.05, 0.1) is 42.3 Å². The number of hydrogen-bond acceptors (Lipinski definition) is 4. The highest BCUT2D eigenvalue weighted by Gasteiger charge is 2.21. The lowest BCUT2D eigenvalue weighted by Crippen LogP contribution is -2.14. The molecule has 5 nitrogen and oxygen atoms in total. The van der Waals surface area contributed by atoms with Crippen molar-refractivity contribution in [1.82, 2.24) is 9.78 Å². The van der Waals surface area contributed by atoms with Crippen molar-refractivity contribution in [2.24, 2.45) is 0 Å². The number of aliphatic hydroxyl groups is 1. The molecule has 0 aliphatic carbocycles. The van der Waals surface area contributed by atoms with Crippen LogP contribution in [0.15, 0.2) is 6.20 Å². The van der Waals surface area contributed by atoms with Crippen LogP contribution in [0.1, 0.15) is 37.5 Å². The third-order valence-electron chi connectivity index (χ3n) is 3.44. The Bertz CT molecular complexity index is 391. The van der Waals surface area contributed by atoms with E-state index in [4.69, 9.17) is 21.1 Å². The zero-order valence-corrected chi connectivity index (χ0v) is 12.0. The van der Waals surface area contributed by atoms with Crippen molar-refractivity contribution in [3.63, 3.8) is 0 Å². The lowest BCUT2D eigenvalue weighted by molar-refractivity contribution is 0.0781. The van der Waals surface area contributed by atoms with E-state index in [9.17, 15) is 5.11 Å². The van der Waals surface area contributed by atoms with Crippen LogP contribution in [-0.4, -0.2) is 41.3 Å². The van der Waals surface area contributed by atoms with Gasteiger partial charge in [-0.1, -0.05) is 11.6 Å². The molecule has 0 spiro atoms. The summed E-state index contributed by atoms with van der Waals surface area (Å²) < 4.78 is 12.3. The highest BCUT2D eigenvalue weighted by atomic mass is 35.5. The molecule has 1 aromatic rings. The SMILES string of the molecule is COCCn1ncc(Cl)c1C(O)CCC1CCCO1. The molecule has 2 rings (SSSR count). The summed E-state index contributed by atoms with van der Waals surface area (Å²) in [6, 6.07) is 0. The molecule has 1 N–H and O–H groups in total. The predicted molar refractivity (Wildman–Crippen MR) is 72.3 cm³/mol. The van der Waals surface area contributed by atoms with Gasteiger partial charge >= 0.3 is 0 Å². The molecule has 2 unspecified atom stereocenters. The summed E-state index contributed by atoms with van der Waals surface area (Å²) in [6.45, 7) is 1.98. The van der Waals surface area contributed by atoms with E-state index < -0.39 is 6.10 Å². The number of halogens is 1. The smallest absolute Gasteiger partial charge is 0.0972 e. The fourth-order valence-electron chi connectivity index (χ4n) is 2.41. The van der Waals surface area contributed by atoms with Crippen molar-refractivity contribution in [2.75, 3.05) is 20.3 Å². The van der Waals surface area contributed by atoms with Crippen LogP contribution < -0.4 is 0 Å². The Morgan fingerprint density at radius 1 is 1.68 bits per heavy atom. The third-order valence-corrected chi connectivity index (χ3v) is 3.73. The van der Waals surface area contributed by atoms with Gasteiger partial charge in [-0.05, 0) is 25.7 Å². The number of ether oxygens (including phenoxy) is 2. The van der Waals surface area contributed by atoms with Crippen LogP contribution in [0.25, 0.3) is 0 Å². The van der Waals surface area contributed by atoms with Gasteiger partial charge in [-0.15, -0.1) is 0 Å². The number of methoxy groups -OCH3 is 1. The number of aliphatic hydroxyl groups excluding tert-OH is 1. The molecule has 0 aromatic carbocycles. The average Bonchev–Trinajstić information content (AvgIpc) is 3.03. The summed E-state index contributed by atoms with van der Waals surface area (Å²) >= 11 is 6.10. The molecule has 1 aliphatic rings. The van der Waals surface area contributed by atoms with Crippen LogP contribution in [0.3, 0.4) is 0 Å². The van der Waals surface area contributed by atoms with Gasteiger partial charge in [0.25, 0.3) is 0 Å². The lowest BCUT2D eigenvalue weighted by Gasteiger charge is -2.16. The van der Waals surface area contributed by atoms with E-state index in [2.05, 4.69) is 5.10 Å². The first kappa shape index (κ1) is 14.8. The van der Waals surface area contributed by atoms with E-state index in [1.165, 1.54) is 0 Å². The molecule has 108 valence electrons. The fourth-order valence-corrected chi connectivity index (χ4v) is 2.68. The molecule has 0 bridgehead atoms. The summed E-state index contributed by atoms with van der Waals surface area (Å²) in [5.74, 6) is 0. The first-order chi connectivity index (χ1) is 9.22. The largest absolute Gasteiger partial charge is 0.387 e. The first-order valence-corrected chi connectivity index (χ1v) is 7.10. The minimum atomic E-state index is -0.601. The van der Waals surface area contributed by atoms with Crippen LogP contribution in [-0.2, 0) is 16.0 Å². The van der Waals surface area contributed by atoms with E-state index in [1.54, 1.807) is 18.0 Å². The Balaban J connectivity index is 1.92. The quantitative estimate of drug-likeness (QED) is 0.835. The second kappa shape index (κ2) is 7.24. The minimum Gasteiger partial charge on any atom is -0.387 e. The lowest BCUT2D eigenvalue weighted by atomic mass is 10.1. The molecule has 0 radical (unpaired) electrons. The predicted octanol–water partition coefficient (Wildman–Crippen LogP) is 2.18. The summed E-state index contributed by atoms with van der Waals surface area (Å²) in [4.78, 5) is 0. The van der Waals surface area contributed by atoms with Crippen LogP contribution in [0.5, 0.6) is 0 Å². The number of nitrogens with zero attached hydrogens (tertiary/aromatic N) is 2. The van der Waals surface area contributed by atoms with Crippen LogP contribution in [0.2, 0.25) is 5.02 Å². The molecule has 0 saturated carbocycles. The molecular weight excluding hydrogens is 268 g/mol. The average molecular weight is 289 g/mol. The Morgan fingerprint density at radius 2 is 2.53 bits per heavy atom. The summed E-state index contributed by atoms with van der Waals surface area (Å²) in [7, 11) is 1.64. The van der Waals surface area contributed by atoms with Crippen LogP contribution in [0, 0.1) is 0 Å². The van der Waals surface area contributed by atoms with Crippen molar-refractivity contribution in [2.45, 2.75) is 44.4 Å². The molecule has 19 heavy (non-hydrogen) atoms. The number of aromatic nitrogens is 2. The highest BCUT2D eigenvalue weighted by molar-refractivity contribution is 6.31. The maximum atomic E-state index is 10.3. The standard InChI is InChI=1S/C13H21ClN2O3/c1-18-8-6-16-13(11(14)9-15-16)12(17)5-4-10-3-2-7-19-10/h9-10,12,17H,2-8H2,1H3. The van der Waals surface area contributed by atoms with Gasteiger partial charge in [0, 0.05) is 13.7 Å². The van der Waals surface area contributed by atoms with Crippen LogP contribution >= 0.6 is 11.6 Å². The molecule has 1 saturated heterocycles. The second-order valence-electron chi connectivity index (χ2n) is 4.82. The zero-order valence-electron chi connectivity index (χ0n) is 11.2. The molecule has 6 heteroatoms. The Kier molecular flexibility index (Phi) is 5.63. The van der Waals surface area contributed by atoms with Crippen molar-refractivity contribution >= 4 is 11.6 Å². The van der Waals surface area contributed by atoms with Gasteiger partial charge in [0.1, 0.15) is 0 Å². The van der Waals surface area contributed by atoms with E-state index in [-0.39, 0.29) is 6.10 Å². The minimum absolute atomic E-state index is 0.281. The van der Waals surface area contributed by atoms with Crippen molar-refractivity contribution in [3.8, 4) is 0 Å². The molecule has 1 fully saturated rings. The van der Waals surface area contributed by atoms with Gasteiger partial charge in [-0.2, -0.15) is 5.10 Å². The summed E-state index contributed by atoms with van der Waals surface area (Å²) in [5, 5.41) is 15.0. The van der Waals surface area contributed by atoms with Crippen LogP contribution in [0.4, 0.5) is 0 Å². The first-order valence-electron chi connectivity index (χ1n) is 6.72.